The lowest BCUT2D eigenvalue weighted by Crippen LogP contribution is -2.26. The smallest absolute Gasteiger partial charge is 0.279 e. The van der Waals surface area contributed by atoms with Crippen molar-refractivity contribution in [1.82, 2.24) is 9.78 Å². The SMILES string of the molecule is CCOc1ccc(-n2nc(C(=O)Nc3ccc(OC)cc3OC)c3ccccc3c2=O)cc1. The first-order chi connectivity index (χ1) is 16.0. The average Bonchev–Trinajstić information content (AvgIpc) is 2.85. The third-order valence-electron chi connectivity index (χ3n) is 5.07. The second-order valence-corrected chi connectivity index (χ2v) is 7.06. The van der Waals surface area contributed by atoms with Gasteiger partial charge in [-0.25, -0.2) is 0 Å². The quantitative estimate of drug-likeness (QED) is 0.461. The fraction of sp³-hybridized carbons (Fsp3) is 0.160. The zero-order valence-electron chi connectivity index (χ0n) is 18.5. The number of nitrogens with one attached hydrogen (secondary N) is 1. The number of carbonyl (C=O) groups is 1. The summed E-state index contributed by atoms with van der Waals surface area (Å²) >= 11 is 0. The Hall–Kier alpha value is -4.33. The number of aromatic nitrogens is 2. The van der Waals surface area contributed by atoms with Gasteiger partial charge in [-0.15, -0.1) is 0 Å². The fourth-order valence-electron chi connectivity index (χ4n) is 3.47. The number of methoxy groups -OCH3 is 2. The highest BCUT2D eigenvalue weighted by Gasteiger charge is 2.19. The van der Waals surface area contributed by atoms with Gasteiger partial charge in [0.1, 0.15) is 17.2 Å². The molecule has 168 valence electrons. The molecule has 3 aromatic carbocycles. The Kier molecular flexibility index (Phi) is 6.26. The van der Waals surface area contributed by atoms with Gasteiger partial charge in [-0.1, -0.05) is 18.2 Å². The van der Waals surface area contributed by atoms with Crippen LogP contribution in [0.3, 0.4) is 0 Å². The molecule has 8 heteroatoms. The van der Waals surface area contributed by atoms with E-state index in [2.05, 4.69) is 10.4 Å². The van der Waals surface area contributed by atoms with E-state index in [-0.39, 0.29) is 11.3 Å². The molecule has 0 saturated heterocycles. The van der Waals surface area contributed by atoms with Crippen molar-refractivity contribution >= 4 is 22.4 Å². The molecule has 1 aromatic heterocycles. The number of fused-ring (bicyclic) bond motifs is 1. The maximum absolute atomic E-state index is 13.3. The number of benzene rings is 3. The zero-order valence-corrected chi connectivity index (χ0v) is 18.5. The predicted molar refractivity (Wildman–Crippen MR) is 126 cm³/mol. The number of carbonyl (C=O) groups excluding carboxylic acids is 1. The minimum atomic E-state index is -0.477. The van der Waals surface area contributed by atoms with Gasteiger partial charge in [0, 0.05) is 11.5 Å². The zero-order chi connectivity index (χ0) is 23.4. The normalized spacial score (nSPS) is 10.6. The lowest BCUT2D eigenvalue weighted by atomic mass is 10.1. The van der Waals surface area contributed by atoms with Crippen LogP contribution >= 0.6 is 0 Å². The summed E-state index contributed by atoms with van der Waals surface area (Å²) in [6.07, 6.45) is 0. The Morgan fingerprint density at radius 2 is 1.64 bits per heavy atom. The van der Waals surface area contributed by atoms with Crippen LogP contribution in [0.1, 0.15) is 17.4 Å². The van der Waals surface area contributed by atoms with Crippen LogP contribution in [0.25, 0.3) is 16.5 Å². The van der Waals surface area contributed by atoms with Crippen molar-refractivity contribution < 1.29 is 19.0 Å². The van der Waals surface area contributed by atoms with Crippen molar-refractivity contribution in [3.8, 4) is 22.9 Å². The average molecular weight is 445 g/mol. The van der Waals surface area contributed by atoms with E-state index < -0.39 is 5.91 Å². The summed E-state index contributed by atoms with van der Waals surface area (Å²) in [7, 11) is 3.05. The third-order valence-corrected chi connectivity index (χ3v) is 5.07. The highest BCUT2D eigenvalue weighted by atomic mass is 16.5. The Morgan fingerprint density at radius 3 is 2.30 bits per heavy atom. The number of ether oxygens (including phenoxy) is 3. The first-order valence-electron chi connectivity index (χ1n) is 10.3. The number of anilines is 1. The standard InChI is InChI=1S/C25H23N3O5/c1-4-33-17-11-9-16(10-12-17)28-25(30)20-8-6-5-7-19(20)23(27-28)24(29)26-21-14-13-18(31-2)15-22(21)32-3/h5-15H,4H2,1-3H3,(H,26,29). The maximum Gasteiger partial charge on any atom is 0.279 e. The lowest BCUT2D eigenvalue weighted by Gasteiger charge is -2.14. The fourth-order valence-corrected chi connectivity index (χ4v) is 3.47. The molecule has 0 spiro atoms. The molecular weight excluding hydrogens is 422 g/mol. The molecule has 0 radical (unpaired) electrons. The largest absolute Gasteiger partial charge is 0.497 e. The van der Waals surface area contributed by atoms with Crippen molar-refractivity contribution in [3.05, 3.63) is 82.8 Å². The van der Waals surface area contributed by atoms with Gasteiger partial charge in [-0.3, -0.25) is 9.59 Å². The van der Waals surface area contributed by atoms with E-state index in [1.165, 1.54) is 11.8 Å². The Balaban J connectivity index is 1.80. The van der Waals surface area contributed by atoms with Gasteiger partial charge in [0.05, 0.1) is 37.6 Å². The Labute approximate surface area is 190 Å². The van der Waals surface area contributed by atoms with Crippen LogP contribution in [-0.4, -0.2) is 36.5 Å². The van der Waals surface area contributed by atoms with E-state index in [0.29, 0.717) is 46.0 Å². The summed E-state index contributed by atoms with van der Waals surface area (Å²) in [5.74, 6) is 1.23. The first kappa shape index (κ1) is 21.9. The molecule has 8 nitrogen and oxygen atoms in total. The van der Waals surface area contributed by atoms with Gasteiger partial charge in [-0.05, 0) is 49.4 Å². The van der Waals surface area contributed by atoms with Crippen molar-refractivity contribution in [3.63, 3.8) is 0 Å². The highest BCUT2D eigenvalue weighted by molar-refractivity contribution is 6.11. The van der Waals surface area contributed by atoms with Crippen molar-refractivity contribution in [2.75, 3.05) is 26.1 Å². The minimum Gasteiger partial charge on any atom is -0.497 e. The summed E-state index contributed by atoms with van der Waals surface area (Å²) < 4.78 is 17.3. The van der Waals surface area contributed by atoms with Gasteiger partial charge in [-0.2, -0.15) is 9.78 Å². The van der Waals surface area contributed by atoms with Gasteiger partial charge >= 0.3 is 0 Å². The van der Waals surface area contributed by atoms with Crippen LogP contribution in [0.4, 0.5) is 5.69 Å². The van der Waals surface area contributed by atoms with E-state index in [1.54, 1.807) is 73.8 Å². The van der Waals surface area contributed by atoms with Gasteiger partial charge < -0.3 is 19.5 Å². The molecule has 4 rings (SSSR count). The summed E-state index contributed by atoms with van der Waals surface area (Å²) in [5.41, 5.74) is 0.753. The predicted octanol–water partition coefficient (Wildman–Crippen LogP) is 4.05. The number of amides is 1. The summed E-state index contributed by atoms with van der Waals surface area (Å²) in [6.45, 7) is 2.43. The van der Waals surface area contributed by atoms with Gasteiger partial charge in [0.15, 0.2) is 5.69 Å². The molecule has 0 aliphatic rings. The molecule has 0 aliphatic heterocycles. The molecular formula is C25H23N3O5. The molecule has 1 heterocycles. The lowest BCUT2D eigenvalue weighted by molar-refractivity contribution is 0.102. The molecule has 1 N–H and O–H groups in total. The highest BCUT2D eigenvalue weighted by Crippen LogP contribution is 2.29. The summed E-state index contributed by atoms with van der Waals surface area (Å²) in [5, 5.41) is 8.08. The molecule has 0 fully saturated rings. The monoisotopic (exact) mass is 445 g/mol. The molecule has 0 bridgehead atoms. The topological polar surface area (TPSA) is 91.7 Å². The molecule has 1 amide bonds. The van der Waals surface area contributed by atoms with E-state index in [0.717, 1.165) is 0 Å². The number of hydrogen-bond acceptors (Lipinski definition) is 6. The van der Waals surface area contributed by atoms with E-state index in [4.69, 9.17) is 14.2 Å². The Bertz CT molecular complexity index is 1360. The van der Waals surface area contributed by atoms with Crippen LogP contribution in [0.15, 0.2) is 71.5 Å². The van der Waals surface area contributed by atoms with Crippen LogP contribution < -0.4 is 25.1 Å². The summed E-state index contributed by atoms with van der Waals surface area (Å²) in [6, 6.07) is 18.9. The van der Waals surface area contributed by atoms with Crippen LogP contribution in [0.5, 0.6) is 17.2 Å². The maximum atomic E-state index is 13.3. The van der Waals surface area contributed by atoms with Crippen LogP contribution in [0, 0.1) is 0 Å². The van der Waals surface area contributed by atoms with Crippen molar-refractivity contribution in [1.29, 1.82) is 0 Å². The number of rotatable bonds is 7. The van der Waals surface area contributed by atoms with E-state index in [9.17, 15) is 9.59 Å². The molecule has 33 heavy (non-hydrogen) atoms. The van der Waals surface area contributed by atoms with Crippen LogP contribution in [-0.2, 0) is 0 Å². The van der Waals surface area contributed by atoms with Crippen LogP contribution in [0.2, 0.25) is 0 Å². The molecule has 0 unspecified atom stereocenters. The first-order valence-corrected chi connectivity index (χ1v) is 10.3. The van der Waals surface area contributed by atoms with E-state index in [1.807, 2.05) is 6.92 Å². The molecule has 0 saturated carbocycles. The Morgan fingerprint density at radius 1 is 0.939 bits per heavy atom. The number of nitrogens with zero attached hydrogens (tertiary/aromatic N) is 2. The van der Waals surface area contributed by atoms with Gasteiger partial charge in [0.2, 0.25) is 0 Å². The van der Waals surface area contributed by atoms with Gasteiger partial charge in [0.25, 0.3) is 11.5 Å². The molecule has 4 aromatic rings. The van der Waals surface area contributed by atoms with Crippen molar-refractivity contribution in [2.24, 2.45) is 0 Å². The second kappa shape index (κ2) is 9.44. The third kappa shape index (κ3) is 4.36. The molecule has 0 atom stereocenters. The summed E-state index contributed by atoms with van der Waals surface area (Å²) in [4.78, 5) is 26.4. The minimum absolute atomic E-state index is 0.108. The number of hydrogen-bond donors (Lipinski definition) is 1. The second-order valence-electron chi connectivity index (χ2n) is 7.06. The van der Waals surface area contributed by atoms with E-state index >= 15 is 0 Å². The van der Waals surface area contributed by atoms with Crippen molar-refractivity contribution in [2.45, 2.75) is 6.92 Å². The molecule has 0 aliphatic carbocycles.